The normalized spacial score (nSPS) is 42.5. The zero-order chi connectivity index (χ0) is 9.26. The minimum Gasteiger partial charge on any atom is -0.244 e. The van der Waals surface area contributed by atoms with Crippen LogP contribution >= 0.6 is 0 Å². The largest absolute Gasteiger partial charge is 0.244 e. The van der Waals surface area contributed by atoms with Gasteiger partial charge in [0.25, 0.3) is 0 Å². The highest BCUT2D eigenvalue weighted by molar-refractivity contribution is 4.88. The van der Waals surface area contributed by atoms with Crippen molar-refractivity contribution in [2.24, 2.45) is 11.8 Å². The van der Waals surface area contributed by atoms with Gasteiger partial charge in [-0.25, -0.2) is 8.78 Å². The van der Waals surface area contributed by atoms with Gasteiger partial charge < -0.3 is 0 Å². The van der Waals surface area contributed by atoms with E-state index in [-0.39, 0.29) is 0 Å². The molecule has 0 aromatic rings. The molecule has 0 heterocycles. The summed E-state index contributed by atoms with van der Waals surface area (Å²) >= 11 is 0. The van der Waals surface area contributed by atoms with E-state index in [4.69, 9.17) is 0 Å². The van der Waals surface area contributed by atoms with E-state index in [0.717, 1.165) is 0 Å². The van der Waals surface area contributed by atoms with Crippen molar-refractivity contribution in [3.05, 3.63) is 0 Å². The highest BCUT2D eigenvalue weighted by Gasteiger charge is 2.38. The van der Waals surface area contributed by atoms with Crippen molar-refractivity contribution in [2.45, 2.75) is 57.3 Å². The van der Waals surface area contributed by atoms with Gasteiger partial charge in [0.1, 0.15) is 12.3 Å². The second kappa shape index (κ2) is 3.93. The third kappa shape index (κ3) is 2.03. The number of halogens is 2. The highest BCUT2D eigenvalue weighted by Crippen LogP contribution is 2.41. The first-order valence-electron chi connectivity index (χ1n) is 5.55. The van der Waals surface area contributed by atoms with E-state index in [0.29, 0.717) is 24.7 Å². The first kappa shape index (κ1) is 9.42. The molecule has 0 aromatic carbocycles. The van der Waals surface area contributed by atoms with Gasteiger partial charge in [-0.1, -0.05) is 32.1 Å². The van der Waals surface area contributed by atoms with Crippen LogP contribution in [0, 0.1) is 11.8 Å². The van der Waals surface area contributed by atoms with Gasteiger partial charge in [0.05, 0.1) is 0 Å². The third-order valence-corrected chi connectivity index (χ3v) is 3.76. The second-order valence-electron chi connectivity index (χ2n) is 4.66. The number of hydrogen-bond donors (Lipinski definition) is 0. The third-order valence-electron chi connectivity index (χ3n) is 3.76. The zero-order valence-corrected chi connectivity index (χ0v) is 8.02. The minimum atomic E-state index is -1.16. The van der Waals surface area contributed by atoms with Gasteiger partial charge in [-0.2, -0.15) is 0 Å². The maximum atomic E-state index is 12.9. The lowest BCUT2D eigenvalue weighted by Crippen LogP contribution is -2.15. The Balaban J connectivity index is 1.87. The molecule has 0 bridgehead atoms. The topological polar surface area (TPSA) is 0 Å². The van der Waals surface area contributed by atoms with Crippen molar-refractivity contribution in [1.29, 1.82) is 0 Å². The predicted molar refractivity (Wildman–Crippen MR) is 49.1 cm³/mol. The second-order valence-corrected chi connectivity index (χ2v) is 4.66. The molecule has 0 nitrogen and oxygen atoms in total. The van der Waals surface area contributed by atoms with Crippen LogP contribution in [-0.4, -0.2) is 12.3 Å². The van der Waals surface area contributed by atoms with E-state index in [1.54, 1.807) is 0 Å². The van der Waals surface area contributed by atoms with E-state index in [2.05, 4.69) is 0 Å². The Labute approximate surface area is 78.7 Å². The highest BCUT2D eigenvalue weighted by atomic mass is 19.2. The van der Waals surface area contributed by atoms with Crippen LogP contribution in [0.15, 0.2) is 0 Å². The van der Waals surface area contributed by atoms with Crippen LogP contribution in [0.3, 0.4) is 0 Å². The Bertz CT molecular complexity index is 153. The van der Waals surface area contributed by atoms with Crippen LogP contribution in [0.25, 0.3) is 0 Å². The Morgan fingerprint density at radius 1 is 0.692 bits per heavy atom. The Morgan fingerprint density at radius 2 is 1.23 bits per heavy atom. The van der Waals surface area contributed by atoms with E-state index >= 15 is 0 Å². The molecule has 0 spiro atoms. The maximum absolute atomic E-state index is 12.9. The molecule has 2 rings (SSSR count). The van der Waals surface area contributed by atoms with E-state index in [1.807, 2.05) is 0 Å². The summed E-state index contributed by atoms with van der Waals surface area (Å²) in [5.74, 6) is 0.984. The smallest absolute Gasteiger partial charge is 0.131 e. The minimum absolute atomic E-state index is 0.352. The Morgan fingerprint density at radius 3 is 1.77 bits per heavy atom. The van der Waals surface area contributed by atoms with Crippen molar-refractivity contribution in [3.8, 4) is 0 Å². The molecule has 0 saturated heterocycles. The van der Waals surface area contributed by atoms with Gasteiger partial charge in [-0.15, -0.1) is 0 Å². The summed E-state index contributed by atoms with van der Waals surface area (Å²) in [6.07, 6.45) is 4.95. The van der Waals surface area contributed by atoms with Crippen molar-refractivity contribution in [2.75, 3.05) is 0 Å². The fourth-order valence-corrected chi connectivity index (χ4v) is 2.96. The standard InChI is InChI=1S/C11H18F2/c12-10-6-9(7-11(10)13)8-4-2-1-3-5-8/h8-11H,1-7H2. The van der Waals surface area contributed by atoms with Crippen molar-refractivity contribution < 1.29 is 8.78 Å². The van der Waals surface area contributed by atoms with Crippen LogP contribution in [-0.2, 0) is 0 Å². The van der Waals surface area contributed by atoms with Crippen LogP contribution in [0.2, 0.25) is 0 Å². The van der Waals surface area contributed by atoms with Crippen LogP contribution in [0.5, 0.6) is 0 Å². The fourth-order valence-electron chi connectivity index (χ4n) is 2.96. The number of hydrogen-bond acceptors (Lipinski definition) is 0. The van der Waals surface area contributed by atoms with Crippen molar-refractivity contribution in [1.82, 2.24) is 0 Å². The SMILES string of the molecule is FC1CC(C2CCCCC2)CC1F. The molecule has 2 fully saturated rings. The first-order valence-corrected chi connectivity index (χ1v) is 5.55. The average Bonchev–Trinajstić information content (AvgIpc) is 2.49. The average molecular weight is 188 g/mol. The molecule has 76 valence electrons. The molecule has 0 radical (unpaired) electrons. The summed E-state index contributed by atoms with van der Waals surface area (Å²) in [7, 11) is 0. The van der Waals surface area contributed by atoms with Gasteiger partial charge in [0, 0.05) is 0 Å². The molecule has 2 aliphatic rings. The van der Waals surface area contributed by atoms with Gasteiger partial charge in [0.2, 0.25) is 0 Å². The van der Waals surface area contributed by atoms with E-state index in [9.17, 15) is 8.78 Å². The molecule has 13 heavy (non-hydrogen) atoms. The summed E-state index contributed by atoms with van der Waals surface area (Å²) in [6, 6.07) is 0. The molecular formula is C11H18F2. The lowest BCUT2D eigenvalue weighted by atomic mass is 9.79. The number of rotatable bonds is 1. The number of alkyl halides is 2. The molecule has 2 atom stereocenters. The van der Waals surface area contributed by atoms with Crippen LogP contribution in [0.1, 0.15) is 44.9 Å². The molecule has 0 aromatic heterocycles. The van der Waals surface area contributed by atoms with Crippen LogP contribution < -0.4 is 0 Å². The van der Waals surface area contributed by atoms with Gasteiger partial charge >= 0.3 is 0 Å². The fraction of sp³-hybridized carbons (Fsp3) is 1.00. The molecule has 0 aliphatic heterocycles. The summed E-state index contributed by atoms with van der Waals surface area (Å²) in [5, 5.41) is 0. The van der Waals surface area contributed by atoms with Crippen molar-refractivity contribution >= 4 is 0 Å². The van der Waals surface area contributed by atoms with Gasteiger partial charge in [0.15, 0.2) is 0 Å². The summed E-state index contributed by atoms with van der Waals surface area (Å²) < 4.78 is 25.9. The molecular weight excluding hydrogens is 170 g/mol. The Hall–Kier alpha value is -0.140. The zero-order valence-electron chi connectivity index (χ0n) is 8.02. The summed E-state index contributed by atoms with van der Waals surface area (Å²) in [5.41, 5.74) is 0. The molecule has 0 amide bonds. The molecule has 2 saturated carbocycles. The molecule has 2 aliphatic carbocycles. The summed E-state index contributed by atoms with van der Waals surface area (Å²) in [6.45, 7) is 0. The molecule has 2 heteroatoms. The molecule has 0 N–H and O–H groups in total. The van der Waals surface area contributed by atoms with Crippen LogP contribution in [0.4, 0.5) is 8.78 Å². The lowest BCUT2D eigenvalue weighted by Gasteiger charge is -2.26. The Kier molecular flexibility index (Phi) is 2.85. The molecule has 2 unspecified atom stereocenters. The predicted octanol–water partition coefficient (Wildman–Crippen LogP) is 3.65. The lowest BCUT2D eigenvalue weighted by molar-refractivity contribution is 0.199. The quantitative estimate of drug-likeness (QED) is 0.589. The monoisotopic (exact) mass is 188 g/mol. The van der Waals surface area contributed by atoms with Gasteiger partial charge in [-0.3, -0.25) is 0 Å². The van der Waals surface area contributed by atoms with E-state index < -0.39 is 12.3 Å². The van der Waals surface area contributed by atoms with Gasteiger partial charge in [-0.05, 0) is 24.7 Å². The van der Waals surface area contributed by atoms with Crippen molar-refractivity contribution in [3.63, 3.8) is 0 Å². The first-order chi connectivity index (χ1) is 6.27. The van der Waals surface area contributed by atoms with E-state index in [1.165, 1.54) is 32.1 Å². The maximum Gasteiger partial charge on any atom is 0.131 e. The summed E-state index contributed by atoms with van der Waals surface area (Å²) in [4.78, 5) is 0.